The first-order valence-electron chi connectivity index (χ1n) is 22.3. The number of allylic oxidation sites excluding steroid dienone is 2. The van der Waals surface area contributed by atoms with Crippen LogP contribution in [0.25, 0.3) is 77.5 Å². The van der Waals surface area contributed by atoms with Gasteiger partial charge in [0.05, 0.1) is 0 Å². The zero-order chi connectivity index (χ0) is 42.5. The number of hydrogen-bond donors (Lipinski definition) is 0. The molecule has 2 aliphatic rings. The van der Waals surface area contributed by atoms with E-state index in [0.717, 1.165) is 17.1 Å². The topological polar surface area (TPSA) is 3.24 Å². The molecule has 0 amide bonds. The number of fused-ring (bicyclic) bond motifs is 12. The van der Waals surface area contributed by atoms with Crippen LogP contribution in [0, 0.1) is 0 Å². The van der Waals surface area contributed by atoms with E-state index in [-0.39, 0.29) is 10.8 Å². The van der Waals surface area contributed by atoms with E-state index < -0.39 is 0 Å². The first-order chi connectivity index (χ1) is 30.8. The van der Waals surface area contributed by atoms with E-state index >= 15 is 0 Å². The van der Waals surface area contributed by atoms with Crippen molar-refractivity contribution in [1.29, 1.82) is 0 Å². The second-order valence-corrected chi connectivity index (χ2v) is 18.5. The van der Waals surface area contributed by atoms with E-state index in [9.17, 15) is 0 Å². The molecular weight excluding hydrogens is 759 g/mol. The summed E-state index contributed by atoms with van der Waals surface area (Å²) in [5, 5.41) is 10.6. The Balaban J connectivity index is 0.944. The Morgan fingerprint density at radius 3 is 0.937 bits per heavy atom. The van der Waals surface area contributed by atoms with Crippen LogP contribution in [0.4, 0.5) is 17.1 Å². The Bertz CT molecular complexity index is 3310. The lowest BCUT2D eigenvalue weighted by Gasteiger charge is -2.29. The third-order valence-corrected chi connectivity index (χ3v) is 14.2. The van der Waals surface area contributed by atoms with E-state index in [2.05, 4.69) is 245 Å². The highest BCUT2D eigenvalue weighted by atomic mass is 15.1. The maximum atomic E-state index is 2.46. The predicted octanol–water partition coefficient (Wildman–Crippen LogP) is 17.1. The normalized spacial score (nSPS) is 14.8. The van der Waals surface area contributed by atoms with E-state index in [4.69, 9.17) is 0 Å². The Hall–Kier alpha value is -7.48. The van der Waals surface area contributed by atoms with Crippen LogP contribution in [0.3, 0.4) is 0 Å². The summed E-state index contributed by atoms with van der Waals surface area (Å²) in [5.74, 6) is 0. The quantitative estimate of drug-likeness (QED) is 0.151. The maximum Gasteiger partial charge on any atom is 0.0462 e. The Labute approximate surface area is 369 Å². The molecule has 10 aromatic rings. The highest BCUT2D eigenvalue weighted by Crippen LogP contribution is 2.54. The molecule has 0 fully saturated rings. The number of anilines is 3. The fraction of sp³-hybridized carbons (Fsp3) is 0.0968. The van der Waals surface area contributed by atoms with Crippen molar-refractivity contribution in [3.63, 3.8) is 0 Å². The van der Waals surface area contributed by atoms with Gasteiger partial charge in [-0.3, -0.25) is 0 Å². The number of rotatable bonds is 6. The van der Waals surface area contributed by atoms with Gasteiger partial charge in [0, 0.05) is 27.9 Å². The van der Waals surface area contributed by atoms with Crippen molar-refractivity contribution in [3.05, 3.63) is 234 Å². The molecule has 300 valence electrons. The van der Waals surface area contributed by atoms with Gasteiger partial charge in [0.15, 0.2) is 0 Å². The molecule has 0 N–H and O–H groups in total. The van der Waals surface area contributed by atoms with Crippen molar-refractivity contribution in [2.75, 3.05) is 4.90 Å². The third-order valence-electron chi connectivity index (χ3n) is 14.2. The third kappa shape index (κ3) is 5.69. The van der Waals surface area contributed by atoms with Gasteiger partial charge >= 0.3 is 0 Å². The lowest BCUT2D eigenvalue weighted by atomic mass is 9.76. The van der Waals surface area contributed by atoms with Crippen LogP contribution in [0.2, 0.25) is 0 Å². The van der Waals surface area contributed by atoms with Crippen LogP contribution in [0.5, 0.6) is 0 Å². The molecule has 0 aromatic heterocycles. The van der Waals surface area contributed by atoms with Crippen molar-refractivity contribution in [1.82, 2.24) is 0 Å². The van der Waals surface area contributed by atoms with Gasteiger partial charge in [-0.25, -0.2) is 0 Å². The highest BCUT2D eigenvalue weighted by Gasteiger charge is 2.38. The molecule has 0 bridgehead atoms. The van der Waals surface area contributed by atoms with E-state index in [1.807, 2.05) is 0 Å². The standard InChI is InChI=1S/C62H47N/c1-61(2)57(38-55-51-22-10-8-18-47(51)49-20-12-14-24-53(49)59(55)61)42-28-34-45(35-29-42)63(44-32-26-41(27-33-44)40-16-6-5-7-17-40)46-36-30-43(31-37-46)58-39-56-52-23-11-9-19-48(52)50-21-13-15-25-54(50)60(56)62(58,3)4/h5-39H,1-4H3. The molecule has 0 atom stereocenters. The Kier molecular flexibility index (Phi) is 8.30. The fourth-order valence-electron chi connectivity index (χ4n) is 11.3. The van der Waals surface area contributed by atoms with Crippen molar-refractivity contribution in [3.8, 4) is 11.1 Å². The Morgan fingerprint density at radius 2 is 0.556 bits per heavy atom. The molecule has 1 nitrogen and oxygen atoms in total. The van der Waals surface area contributed by atoms with Gasteiger partial charge in [0.1, 0.15) is 0 Å². The van der Waals surface area contributed by atoms with Crippen molar-refractivity contribution < 1.29 is 0 Å². The van der Waals surface area contributed by atoms with Crippen molar-refractivity contribution >= 4 is 83.5 Å². The molecule has 63 heavy (non-hydrogen) atoms. The molecule has 0 saturated carbocycles. The Morgan fingerprint density at radius 1 is 0.270 bits per heavy atom. The molecule has 10 aromatic carbocycles. The summed E-state index contributed by atoms with van der Waals surface area (Å²) in [6.45, 7) is 9.58. The lowest BCUT2D eigenvalue weighted by molar-refractivity contribution is 0.711. The highest BCUT2D eigenvalue weighted by molar-refractivity contribution is 6.19. The van der Waals surface area contributed by atoms with Gasteiger partial charge in [-0.05, 0) is 147 Å². The average Bonchev–Trinajstić information content (AvgIpc) is 3.79. The zero-order valence-electron chi connectivity index (χ0n) is 36.2. The molecule has 0 aliphatic heterocycles. The summed E-state index contributed by atoms with van der Waals surface area (Å²) >= 11 is 0. The molecule has 1 heteroatoms. The summed E-state index contributed by atoms with van der Waals surface area (Å²) < 4.78 is 0. The SMILES string of the molecule is CC1(C)C(c2ccc(N(c3ccc(C4=Cc5c(c6ccccc6c6ccccc56)C4(C)C)cc3)c3ccc(-c4ccccc4)cc3)cc2)=Cc2c1c1ccccc1c1ccccc21. The minimum atomic E-state index is -0.176. The maximum absolute atomic E-state index is 2.46. The minimum absolute atomic E-state index is 0.176. The van der Waals surface area contributed by atoms with Gasteiger partial charge in [0.2, 0.25) is 0 Å². The molecule has 12 rings (SSSR count). The van der Waals surface area contributed by atoms with Gasteiger partial charge in [-0.2, -0.15) is 0 Å². The molecule has 0 spiro atoms. The molecule has 0 saturated heterocycles. The fourth-order valence-corrected chi connectivity index (χ4v) is 11.3. The van der Waals surface area contributed by atoms with Crippen LogP contribution in [0.1, 0.15) is 61.1 Å². The van der Waals surface area contributed by atoms with Crippen molar-refractivity contribution in [2.24, 2.45) is 0 Å². The summed E-state index contributed by atoms with van der Waals surface area (Å²) in [7, 11) is 0. The number of benzene rings is 10. The van der Waals surface area contributed by atoms with Gasteiger partial charge in [-0.1, -0.05) is 191 Å². The predicted molar refractivity (Wildman–Crippen MR) is 271 cm³/mol. The molecule has 0 heterocycles. The van der Waals surface area contributed by atoms with Gasteiger partial charge < -0.3 is 4.90 Å². The van der Waals surface area contributed by atoms with E-state index in [1.54, 1.807) is 0 Å². The largest absolute Gasteiger partial charge is 0.311 e. The zero-order valence-corrected chi connectivity index (χ0v) is 36.2. The van der Waals surface area contributed by atoms with Gasteiger partial charge in [-0.15, -0.1) is 0 Å². The van der Waals surface area contributed by atoms with E-state index in [1.165, 1.54) is 98.7 Å². The summed E-state index contributed by atoms with van der Waals surface area (Å²) in [4.78, 5) is 2.40. The summed E-state index contributed by atoms with van der Waals surface area (Å²) in [6.07, 6.45) is 4.92. The van der Waals surface area contributed by atoms with Crippen LogP contribution in [-0.2, 0) is 10.8 Å². The monoisotopic (exact) mass is 805 g/mol. The van der Waals surface area contributed by atoms with Crippen molar-refractivity contribution in [2.45, 2.75) is 38.5 Å². The summed E-state index contributed by atoms with van der Waals surface area (Å²) in [6, 6.07) is 73.9. The van der Waals surface area contributed by atoms with Crippen LogP contribution < -0.4 is 4.90 Å². The second-order valence-electron chi connectivity index (χ2n) is 18.5. The van der Waals surface area contributed by atoms with Gasteiger partial charge in [0.25, 0.3) is 0 Å². The number of hydrogen-bond acceptors (Lipinski definition) is 1. The van der Waals surface area contributed by atoms with Crippen LogP contribution >= 0.6 is 0 Å². The molecule has 0 unspecified atom stereocenters. The lowest BCUT2D eigenvalue weighted by Crippen LogP contribution is -2.17. The molecule has 0 radical (unpaired) electrons. The van der Waals surface area contributed by atoms with E-state index in [0.29, 0.717) is 0 Å². The first kappa shape index (κ1) is 37.3. The van der Waals surface area contributed by atoms with Crippen LogP contribution in [-0.4, -0.2) is 0 Å². The van der Waals surface area contributed by atoms with Crippen LogP contribution in [0.15, 0.2) is 200 Å². The second kappa shape index (κ2) is 14.0. The molecular formula is C62H47N. The smallest absolute Gasteiger partial charge is 0.0462 e. The summed E-state index contributed by atoms with van der Waals surface area (Å²) in [5.41, 5.74) is 16.1. The molecule has 2 aliphatic carbocycles. The first-order valence-corrected chi connectivity index (χ1v) is 22.3. The number of nitrogens with zero attached hydrogens (tertiary/aromatic N) is 1. The minimum Gasteiger partial charge on any atom is -0.311 e. The average molecular weight is 806 g/mol.